The number of methoxy groups -OCH3 is 1. The number of rotatable bonds is 7. The predicted octanol–water partition coefficient (Wildman–Crippen LogP) is 2.90. The van der Waals surface area contributed by atoms with Crippen molar-refractivity contribution in [2.45, 2.75) is 24.5 Å². The van der Waals surface area contributed by atoms with Gasteiger partial charge in [0.2, 0.25) is 5.91 Å². The van der Waals surface area contributed by atoms with Gasteiger partial charge in [0.05, 0.1) is 23.8 Å². The van der Waals surface area contributed by atoms with E-state index >= 15 is 0 Å². The molecule has 1 aromatic heterocycles. The second-order valence-electron chi connectivity index (χ2n) is 7.46. The smallest absolute Gasteiger partial charge is 0.325 e. The fraction of sp³-hybridized carbons (Fsp3) is 0.304. The second kappa shape index (κ2) is 9.86. The first-order chi connectivity index (χ1) is 15.5. The Kier molecular flexibility index (Phi) is 6.75. The average Bonchev–Trinajstić information content (AvgIpc) is 3.35. The van der Waals surface area contributed by atoms with Crippen LogP contribution in [-0.4, -0.2) is 47.4 Å². The third-order valence-electron chi connectivity index (χ3n) is 5.30. The molecule has 0 radical (unpaired) electrons. The van der Waals surface area contributed by atoms with Gasteiger partial charge in [-0.2, -0.15) is 0 Å². The molecule has 1 aliphatic heterocycles. The van der Waals surface area contributed by atoms with Gasteiger partial charge in [-0.3, -0.25) is 19.0 Å². The van der Waals surface area contributed by atoms with Crippen molar-refractivity contribution in [1.82, 2.24) is 9.55 Å². The van der Waals surface area contributed by atoms with Crippen LogP contribution in [0.2, 0.25) is 0 Å². The number of esters is 1. The van der Waals surface area contributed by atoms with Gasteiger partial charge in [-0.25, -0.2) is 4.98 Å². The monoisotopic (exact) mass is 452 g/mol. The Balaban J connectivity index is 1.46. The zero-order valence-corrected chi connectivity index (χ0v) is 18.6. The summed E-state index contributed by atoms with van der Waals surface area (Å²) in [6, 6.07) is 14.7. The average molecular weight is 453 g/mol. The lowest BCUT2D eigenvalue weighted by Crippen LogP contribution is -2.28. The van der Waals surface area contributed by atoms with Crippen molar-refractivity contribution in [3.8, 4) is 0 Å². The van der Waals surface area contributed by atoms with E-state index < -0.39 is 5.97 Å². The number of carbonyl (C=O) groups is 2. The molecule has 1 N–H and O–H groups in total. The van der Waals surface area contributed by atoms with E-state index in [4.69, 9.17) is 4.74 Å². The normalized spacial score (nSPS) is 13.3. The minimum atomic E-state index is -0.562. The van der Waals surface area contributed by atoms with Gasteiger partial charge >= 0.3 is 5.97 Å². The summed E-state index contributed by atoms with van der Waals surface area (Å²) in [7, 11) is 1.26. The lowest BCUT2D eigenvalue weighted by molar-refractivity contribution is -0.141. The molecule has 9 heteroatoms. The molecule has 4 rings (SSSR count). The van der Waals surface area contributed by atoms with E-state index in [0.717, 1.165) is 30.5 Å². The standard InChI is InChI=1S/C23H24N4O4S/c1-31-21(29)14-27-22(30)18-6-2-3-7-19(18)25-23(27)32-15-20(28)24-16-8-10-17(11-9-16)26-12-4-5-13-26/h2-3,6-11H,4-5,12-15H2,1H3,(H,24,28). The van der Waals surface area contributed by atoms with Crippen molar-refractivity contribution < 1.29 is 14.3 Å². The van der Waals surface area contributed by atoms with Crippen LogP contribution in [0, 0.1) is 0 Å². The summed E-state index contributed by atoms with van der Waals surface area (Å²) in [5, 5.41) is 3.56. The van der Waals surface area contributed by atoms with Crippen LogP contribution < -0.4 is 15.8 Å². The fourth-order valence-electron chi connectivity index (χ4n) is 3.65. The van der Waals surface area contributed by atoms with Gasteiger partial charge in [0.25, 0.3) is 5.56 Å². The molecule has 0 spiro atoms. The number of nitrogens with one attached hydrogen (secondary N) is 1. The van der Waals surface area contributed by atoms with Crippen molar-refractivity contribution in [2.75, 3.05) is 36.2 Å². The molecule has 2 heterocycles. The second-order valence-corrected chi connectivity index (χ2v) is 8.40. The topological polar surface area (TPSA) is 93.5 Å². The van der Waals surface area contributed by atoms with Crippen molar-refractivity contribution in [2.24, 2.45) is 0 Å². The highest BCUT2D eigenvalue weighted by atomic mass is 32.2. The summed E-state index contributed by atoms with van der Waals surface area (Å²) in [6.45, 7) is 1.86. The molecule has 0 bridgehead atoms. The maximum absolute atomic E-state index is 12.9. The van der Waals surface area contributed by atoms with Crippen LogP contribution in [0.25, 0.3) is 10.9 Å². The quantitative estimate of drug-likeness (QED) is 0.335. The maximum atomic E-state index is 12.9. The first-order valence-corrected chi connectivity index (χ1v) is 11.4. The predicted molar refractivity (Wildman–Crippen MR) is 125 cm³/mol. The first kappa shape index (κ1) is 21.9. The number of hydrogen-bond donors (Lipinski definition) is 1. The van der Waals surface area contributed by atoms with Gasteiger partial charge in [-0.05, 0) is 49.2 Å². The number of carbonyl (C=O) groups excluding carboxylic acids is 2. The van der Waals surface area contributed by atoms with E-state index in [9.17, 15) is 14.4 Å². The third kappa shape index (κ3) is 4.94. The van der Waals surface area contributed by atoms with Gasteiger partial charge in [0, 0.05) is 24.5 Å². The number of amides is 1. The van der Waals surface area contributed by atoms with Crippen LogP contribution in [0.5, 0.6) is 0 Å². The number of para-hydroxylation sites is 1. The van der Waals surface area contributed by atoms with E-state index in [1.807, 2.05) is 24.3 Å². The number of anilines is 2. The van der Waals surface area contributed by atoms with Gasteiger partial charge in [-0.15, -0.1) is 0 Å². The summed E-state index contributed by atoms with van der Waals surface area (Å²) < 4.78 is 5.96. The van der Waals surface area contributed by atoms with Crippen LogP contribution in [-0.2, 0) is 20.9 Å². The fourth-order valence-corrected chi connectivity index (χ4v) is 4.45. The number of thioether (sulfide) groups is 1. The SMILES string of the molecule is COC(=O)Cn1c(SCC(=O)Nc2ccc(N3CCCC3)cc2)nc2ccccc2c1=O. The lowest BCUT2D eigenvalue weighted by atomic mass is 10.2. The molecule has 1 fully saturated rings. The Labute approximate surface area is 189 Å². The zero-order valence-electron chi connectivity index (χ0n) is 17.7. The number of nitrogens with zero attached hydrogens (tertiary/aromatic N) is 3. The van der Waals surface area contributed by atoms with Gasteiger partial charge < -0.3 is 15.0 Å². The van der Waals surface area contributed by atoms with Crippen LogP contribution in [0.4, 0.5) is 11.4 Å². The Hall–Kier alpha value is -3.33. The summed E-state index contributed by atoms with van der Waals surface area (Å²) >= 11 is 1.10. The van der Waals surface area contributed by atoms with Crippen LogP contribution in [0.3, 0.4) is 0 Å². The first-order valence-electron chi connectivity index (χ1n) is 10.4. The van der Waals surface area contributed by atoms with E-state index in [2.05, 4.69) is 15.2 Å². The van der Waals surface area contributed by atoms with E-state index in [0.29, 0.717) is 21.7 Å². The summed E-state index contributed by atoms with van der Waals surface area (Å²) in [5.41, 5.74) is 2.03. The highest BCUT2D eigenvalue weighted by molar-refractivity contribution is 7.99. The molecule has 3 aromatic rings. The number of benzene rings is 2. The summed E-state index contributed by atoms with van der Waals surface area (Å²) in [5.74, 6) is -0.746. The largest absolute Gasteiger partial charge is 0.468 e. The zero-order chi connectivity index (χ0) is 22.5. The van der Waals surface area contributed by atoms with E-state index in [1.165, 1.54) is 24.5 Å². The highest BCUT2D eigenvalue weighted by Crippen LogP contribution is 2.23. The minimum Gasteiger partial charge on any atom is -0.468 e. The molecule has 32 heavy (non-hydrogen) atoms. The molecule has 1 amide bonds. The molecule has 166 valence electrons. The molecule has 1 saturated heterocycles. The molecule has 2 aromatic carbocycles. The Morgan fingerprint density at radius 1 is 1.09 bits per heavy atom. The lowest BCUT2D eigenvalue weighted by Gasteiger charge is -2.17. The van der Waals surface area contributed by atoms with Crippen molar-refractivity contribution in [3.05, 3.63) is 58.9 Å². The van der Waals surface area contributed by atoms with E-state index in [1.54, 1.807) is 24.3 Å². The third-order valence-corrected chi connectivity index (χ3v) is 6.27. The van der Waals surface area contributed by atoms with Crippen LogP contribution in [0.15, 0.2) is 58.5 Å². The molecular formula is C23H24N4O4S. The Morgan fingerprint density at radius 3 is 2.53 bits per heavy atom. The Bertz CT molecular complexity index is 1190. The number of ether oxygens (including phenoxy) is 1. The highest BCUT2D eigenvalue weighted by Gasteiger charge is 2.16. The summed E-state index contributed by atoms with van der Waals surface area (Å²) in [4.78, 5) is 44.0. The molecule has 1 aliphatic rings. The molecule has 0 saturated carbocycles. The van der Waals surface area contributed by atoms with Crippen molar-refractivity contribution in [1.29, 1.82) is 0 Å². The van der Waals surface area contributed by atoms with Gasteiger partial charge in [-0.1, -0.05) is 23.9 Å². The van der Waals surface area contributed by atoms with Crippen molar-refractivity contribution >= 4 is 45.9 Å². The summed E-state index contributed by atoms with van der Waals surface area (Å²) in [6.07, 6.45) is 2.42. The molecule has 8 nitrogen and oxygen atoms in total. The molecule has 0 aliphatic carbocycles. The molecule has 0 unspecified atom stereocenters. The minimum absolute atomic E-state index is 0.0415. The van der Waals surface area contributed by atoms with Gasteiger partial charge in [0.15, 0.2) is 5.16 Å². The number of hydrogen-bond acceptors (Lipinski definition) is 7. The number of aromatic nitrogens is 2. The van der Waals surface area contributed by atoms with Crippen LogP contribution >= 0.6 is 11.8 Å². The van der Waals surface area contributed by atoms with E-state index in [-0.39, 0.29) is 23.8 Å². The number of fused-ring (bicyclic) bond motifs is 1. The molecule has 0 atom stereocenters. The van der Waals surface area contributed by atoms with Crippen LogP contribution in [0.1, 0.15) is 12.8 Å². The van der Waals surface area contributed by atoms with Crippen molar-refractivity contribution in [3.63, 3.8) is 0 Å². The maximum Gasteiger partial charge on any atom is 0.325 e. The molecular weight excluding hydrogens is 428 g/mol. The van der Waals surface area contributed by atoms with Gasteiger partial charge in [0.1, 0.15) is 6.54 Å². The Morgan fingerprint density at radius 2 is 1.81 bits per heavy atom.